The summed E-state index contributed by atoms with van der Waals surface area (Å²) in [7, 11) is 0. The van der Waals surface area contributed by atoms with Crippen molar-refractivity contribution in [2.45, 2.75) is 6.54 Å². The number of hydrogen-bond donors (Lipinski definition) is 3. The molecule has 3 N–H and O–H groups in total. The van der Waals surface area contributed by atoms with E-state index in [0.29, 0.717) is 28.2 Å². The van der Waals surface area contributed by atoms with Gasteiger partial charge in [0.2, 0.25) is 0 Å². The van der Waals surface area contributed by atoms with Crippen molar-refractivity contribution in [3.8, 4) is 11.4 Å². The topological polar surface area (TPSA) is 117 Å². The molecule has 2 heterocycles. The molecule has 2 aromatic carbocycles. The van der Waals surface area contributed by atoms with Crippen LogP contribution < -0.4 is 16.4 Å². The van der Waals surface area contributed by atoms with Crippen molar-refractivity contribution < 1.29 is 14.1 Å². The SMILES string of the molecule is O=C(Nc1cccc(-c2noc(=O)[nH]2)c1)c1ccc(CNC(=O)c2cccs2)cc1. The van der Waals surface area contributed by atoms with E-state index < -0.39 is 5.76 Å². The molecule has 4 rings (SSSR count). The van der Waals surface area contributed by atoms with Gasteiger partial charge in [0.25, 0.3) is 11.8 Å². The Morgan fingerprint density at radius 3 is 2.57 bits per heavy atom. The fourth-order valence-corrected chi connectivity index (χ4v) is 3.39. The number of rotatable bonds is 6. The summed E-state index contributed by atoms with van der Waals surface area (Å²) >= 11 is 1.38. The van der Waals surface area contributed by atoms with Gasteiger partial charge in [-0.1, -0.05) is 35.5 Å². The van der Waals surface area contributed by atoms with Crippen molar-refractivity contribution in [2.75, 3.05) is 5.32 Å². The zero-order valence-electron chi connectivity index (χ0n) is 15.5. The Hall–Kier alpha value is -3.98. The highest BCUT2D eigenvalue weighted by Gasteiger charge is 2.10. The van der Waals surface area contributed by atoms with Crippen LogP contribution >= 0.6 is 11.3 Å². The Kier molecular flexibility index (Phi) is 5.53. The molecule has 0 aliphatic heterocycles. The van der Waals surface area contributed by atoms with Crippen molar-refractivity contribution in [1.29, 1.82) is 0 Å². The van der Waals surface area contributed by atoms with Crippen LogP contribution in [0.3, 0.4) is 0 Å². The van der Waals surface area contributed by atoms with Gasteiger partial charge < -0.3 is 10.6 Å². The number of thiophene rings is 1. The first-order valence-electron chi connectivity index (χ1n) is 8.97. The maximum Gasteiger partial charge on any atom is 0.439 e. The molecule has 30 heavy (non-hydrogen) atoms. The Balaban J connectivity index is 1.38. The predicted octanol–water partition coefficient (Wildman–Crippen LogP) is 3.27. The number of carbonyl (C=O) groups is 2. The van der Waals surface area contributed by atoms with Gasteiger partial charge in [-0.3, -0.25) is 19.1 Å². The normalized spacial score (nSPS) is 10.5. The van der Waals surface area contributed by atoms with Crippen LogP contribution in [0.5, 0.6) is 0 Å². The Labute approximate surface area is 174 Å². The van der Waals surface area contributed by atoms with Crippen LogP contribution in [0.4, 0.5) is 5.69 Å². The van der Waals surface area contributed by atoms with Crippen molar-refractivity contribution >= 4 is 28.8 Å². The maximum absolute atomic E-state index is 12.5. The summed E-state index contributed by atoms with van der Waals surface area (Å²) in [6.07, 6.45) is 0. The summed E-state index contributed by atoms with van der Waals surface area (Å²) in [6.45, 7) is 0.372. The van der Waals surface area contributed by atoms with Gasteiger partial charge in [-0.25, -0.2) is 4.79 Å². The average Bonchev–Trinajstić information content (AvgIpc) is 3.45. The highest BCUT2D eigenvalue weighted by Crippen LogP contribution is 2.19. The standard InChI is InChI=1S/C21H16N4O4S/c26-19(23-16-4-1-3-15(11-16)18-24-21(28)29-25-18)14-8-6-13(7-9-14)12-22-20(27)17-5-2-10-30-17/h1-11H,12H2,(H,22,27)(H,23,26)(H,24,25,28). The maximum atomic E-state index is 12.5. The average molecular weight is 420 g/mol. The number of anilines is 1. The molecule has 9 heteroatoms. The summed E-state index contributed by atoms with van der Waals surface area (Å²) in [4.78, 5) is 38.7. The predicted molar refractivity (Wildman–Crippen MR) is 112 cm³/mol. The van der Waals surface area contributed by atoms with E-state index in [1.165, 1.54) is 11.3 Å². The quantitative estimate of drug-likeness (QED) is 0.443. The lowest BCUT2D eigenvalue weighted by atomic mass is 10.1. The van der Waals surface area contributed by atoms with E-state index in [4.69, 9.17) is 0 Å². The molecule has 2 amide bonds. The zero-order valence-corrected chi connectivity index (χ0v) is 16.4. The fourth-order valence-electron chi connectivity index (χ4n) is 2.75. The third-order valence-electron chi connectivity index (χ3n) is 4.25. The molecule has 8 nitrogen and oxygen atoms in total. The lowest BCUT2D eigenvalue weighted by Gasteiger charge is -2.08. The van der Waals surface area contributed by atoms with Gasteiger partial charge in [0.15, 0.2) is 5.82 Å². The van der Waals surface area contributed by atoms with E-state index in [-0.39, 0.29) is 17.6 Å². The first kappa shape index (κ1) is 19.3. The van der Waals surface area contributed by atoms with Gasteiger partial charge in [-0.2, -0.15) is 0 Å². The molecule has 0 saturated carbocycles. The van der Waals surface area contributed by atoms with Crippen molar-refractivity contribution in [1.82, 2.24) is 15.5 Å². The first-order valence-corrected chi connectivity index (χ1v) is 9.85. The van der Waals surface area contributed by atoms with Crippen LogP contribution in [0.2, 0.25) is 0 Å². The monoisotopic (exact) mass is 420 g/mol. The van der Waals surface area contributed by atoms with E-state index in [9.17, 15) is 14.4 Å². The van der Waals surface area contributed by atoms with Gasteiger partial charge in [-0.15, -0.1) is 11.3 Å². The van der Waals surface area contributed by atoms with Crippen LogP contribution in [0.15, 0.2) is 75.4 Å². The van der Waals surface area contributed by atoms with Crippen molar-refractivity contribution in [2.24, 2.45) is 0 Å². The Bertz CT molecular complexity index is 1230. The van der Waals surface area contributed by atoms with E-state index in [0.717, 1.165) is 5.56 Å². The van der Waals surface area contributed by atoms with E-state index in [2.05, 4.69) is 25.3 Å². The molecule has 0 radical (unpaired) electrons. The number of aromatic nitrogens is 2. The Morgan fingerprint density at radius 2 is 1.87 bits per heavy atom. The molecular weight excluding hydrogens is 404 g/mol. The molecule has 0 aliphatic carbocycles. The molecule has 0 spiro atoms. The highest BCUT2D eigenvalue weighted by atomic mass is 32.1. The van der Waals surface area contributed by atoms with Gasteiger partial charge in [-0.05, 0) is 41.3 Å². The van der Waals surface area contributed by atoms with E-state index >= 15 is 0 Å². The molecular formula is C21H16N4O4S. The third-order valence-corrected chi connectivity index (χ3v) is 5.12. The summed E-state index contributed by atoms with van der Waals surface area (Å²) in [6, 6.07) is 17.5. The molecule has 4 aromatic rings. The van der Waals surface area contributed by atoms with Crippen LogP contribution in [0.1, 0.15) is 25.6 Å². The van der Waals surface area contributed by atoms with Gasteiger partial charge in [0.05, 0.1) is 4.88 Å². The molecule has 0 fully saturated rings. The number of benzene rings is 2. The lowest BCUT2D eigenvalue weighted by Crippen LogP contribution is -2.21. The van der Waals surface area contributed by atoms with Crippen LogP contribution in [0, 0.1) is 0 Å². The second-order valence-corrected chi connectivity index (χ2v) is 7.28. The summed E-state index contributed by atoms with van der Waals surface area (Å²) in [5.74, 6) is -0.772. The molecule has 2 aromatic heterocycles. The number of H-pyrrole nitrogens is 1. The minimum Gasteiger partial charge on any atom is -0.347 e. The molecule has 0 saturated heterocycles. The van der Waals surface area contributed by atoms with Gasteiger partial charge in [0, 0.05) is 23.4 Å². The number of aromatic amines is 1. The lowest BCUT2D eigenvalue weighted by molar-refractivity contribution is 0.0953. The minimum atomic E-state index is -0.647. The number of nitrogens with one attached hydrogen (secondary N) is 3. The molecule has 150 valence electrons. The molecule has 0 bridgehead atoms. The molecule has 0 unspecified atom stereocenters. The number of hydrogen-bond acceptors (Lipinski definition) is 6. The largest absolute Gasteiger partial charge is 0.439 e. The number of nitrogens with zero attached hydrogens (tertiary/aromatic N) is 1. The van der Waals surface area contributed by atoms with Crippen molar-refractivity contribution in [3.63, 3.8) is 0 Å². The highest BCUT2D eigenvalue weighted by molar-refractivity contribution is 7.12. The van der Waals surface area contributed by atoms with Crippen LogP contribution in [0.25, 0.3) is 11.4 Å². The second-order valence-electron chi connectivity index (χ2n) is 6.34. The number of amides is 2. The fraction of sp³-hybridized carbons (Fsp3) is 0.0476. The molecule has 0 aliphatic rings. The minimum absolute atomic E-state index is 0.125. The zero-order chi connectivity index (χ0) is 20.9. The van der Waals surface area contributed by atoms with Gasteiger partial charge in [0.1, 0.15) is 0 Å². The van der Waals surface area contributed by atoms with Gasteiger partial charge >= 0.3 is 5.76 Å². The van der Waals surface area contributed by atoms with Crippen LogP contribution in [-0.2, 0) is 6.54 Å². The second kappa shape index (κ2) is 8.58. The van der Waals surface area contributed by atoms with Crippen LogP contribution in [-0.4, -0.2) is 22.0 Å². The smallest absolute Gasteiger partial charge is 0.347 e. The number of carbonyl (C=O) groups excluding carboxylic acids is 2. The first-order chi connectivity index (χ1) is 14.6. The van der Waals surface area contributed by atoms with E-state index in [1.807, 2.05) is 11.4 Å². The molecule has 0 atom stereocenters. The summed E-state index contributed by atoms with van der Waals surface area (Å²) in [5, 5.41) is 11.1. The Morgan fingerprint density at radius 1 is 1.03 bits per heavy atom. The summed E-state index contributed by atoms with van der Waals surface area (Å²) in [5.41, 5.74) is 2.51. The van der Waals surface area contributed by atoms with Crippen molar-refractivity contribution in [3.05, 3.63) is 92.6 Å². The van der Waals surface area contributed by atoms with E-state index in [1.54, 1.807) is 54.6 Å². The third kappa shape index (κ3) is 4.53. The summed E-state index contributed by atoms with van der Waals surface area (Å²) < 4.78 is 4.50.